The molecule has 0 aromatic heterocycles. The van der Waals surface area contributed by atoms with Crippen molar-refractivity contribution in [2.75, 3.05) is 20.2 Å². The quantitative estimate of drug-likeness (QED) is 0.777. The molecule has 1 saturated heterocycles. The topological polar surface area (TPSA) is 38.5 Å². The van der Waals surface area contributed by atoms with Crippen LogP contribution in [-0.2, 0) is 4.74 Å². The molecule has 1 heterocycles. The zero-order valence-corrected chi connectivity index (χ0v) is 10.7. The molecule has 94 valence electrons. The van der Waals surface area contributed by atoms with Gasteiger partial charge in [-0.25, -0.2) is 0 Å². The third-order valence-electron chi connectivity index (χ3n) is 4.50. The second-order valence-corrected chi connectivity index (χ2v) is 5.59. The van der Waals surface area contributed by atoms with E-state index in [1.165, 1.54) is 45.2 Å². The van der Waals surface area contributed by atoms with Gasteiger partial charge in [-0.15, -0.1) is 0 Å². The Kier molecular flexibility index (Phi) is 4.22. The van der Waals surface area contributed by atoms with E-state index < -0.39 is 0 Å². The molecule has 0 aromatic rings. The molecular formula is C13H26N2O. The van der Waals surface area contributed by atoms with Crippen LogP contribution in [0, 0.1) is 5.92 Å². The first kappa shape index (κ1) is 12.3. The number of ether oxygens (including phenoxy) is 1. The molecule has 0 spiro atoms. The Morgan fingerprint density at radius 3 is 2.38 bits per heavy atom. The Labute approximate surface area is 99.3 Å². The van der Waals surface area contributed by atoms with E-state index >= 15 is 0 Å². The van der Waals surface area contributed by atoms with Gasteiger partial charge in [0.15, 0.2) is 0 Å². The normalized spacial score (nSPS) is 42.2. The zero-order chi connectivity index (χ0) is 11.5. The van der Waals surface area contributed by atoms with Crippen molar-refractivity contribution < 1.29 is 4.74 Å². The summed E-state index contributed by atoms with van der Waals surface area (Å²) in [7, 11) is 1.84. The summed E-state index contributed by atoms with van der Waals surface area (Å²) < 4.78 is 5.43. The molecule has 2 unspecified atom stereocenters. The first-order valence-corrected chi connectivity index (χ1v) is 6.73. The molecule has 16 heavy (non-hydrogen) atoms. The van der Waals surface area contributed by atoms with E-state index in [0.29, 0.717) is 18.1 Å². The predicted octanol–water partition coefficient (Wildman–Crippen LogP) is 1.61. The van der Waals surface area contributed by atoms with Crippen molar-refractivity contribution in [3.8, 4) is 0 Å². The van der Waals surface area contributed by atoms with Crippen molar-refractivity contribution in [3.63, 3.8) is 0 Å². The number of rotatable bonds is 2. The SMILES string of the molecule is COC1CCC(N2CCC(N)C(C)C2)CC1. The minimum Gasteiger partial charge on any atom is -0.381 e. The lowest BCUT2D eigenvalue weighted by Crippen LogP contribution is -2.50. The fourth-order valence-electron chi connectivity index (χ4n) is 3.17. The Morgan fingerprint density at radius 2 is 1.81 bits per heavy atom. The number of likely N-dealkylation sites (tertiary alicyclic amines) is 1. The summed E-state index contributed by atoms with van der Waals surface area (Å²) in [5, 5.41) is 0. The molecule has 3 nitrogen and oxygen atoms in total. The fourth-order valence-corrected chi connectivity index (χ4v) is 3.17. The van der Waals surface area contributed by atoms with Gasteiger partial charge in [-0.2, -0.15) is 0 Å². The second-order valence-electron chi connectivity index (χ2n) is 5.59. The minimum absolute atomic E-state index is 0.423. The van der Waals surface area contributed by atoms with E-state index in [-0.39, 0.29) is 0 Å². The largest absolute Gasteiger partial charge is 0.381 e. The molecule has 2 fully saturated rings. The van der Waals surface area contributed by atoms with Crippen molar-refractivity contribution in [1.82, 2.24) is 4.90 Å². The van der Waals surface area contributed by atoms with Crippen LogP contribution in [0.25, 0.3) is 0 Å². The molecule has 2 N–H and O–H groups in total. The number of hydrogen-bond donors (Lipinski definition) is 1. The van der Waals surface area contributed by atoms with Crippen LogP contribution >= 0.6 is 0 Å². The first-order valence-electron chi connectivity index (χ1n) is 6.73. The lowest BCUT2D eigenvalue weighted by atomic mass is 9.88. The number of piperidine rings is 1. The maximum Gasteiger partial charge on any atom is 0.0572 e. The van der Waals surface area contributed by atoms with Crippen LogP contribution in [0.2, 0.25) is 0 Å². The molecule has 1 aliphatic carbocycles. The lowest BCUT2D eigenvalue weighted by Gasteiger charge is -2.42. The van der Waals surface area contributed by atoms with Crippen LogP contribution in [0.4, 0.5) is 0 Å². The third kappa shape index (κ3) is 2.76. The van der Waals surface area contributed by atoms with Crippen LogP contribution in [0.1, 0.15) is 39.0 Å². The summed E-state index contributed by atoms with van der Waals surface area (Å²) >= 11 is 0. The first-order chi connectivity index (χ1) is 7.70. The fraction of sp³-hybridized carbons (Fsp3) is 1.00. The van der Waals surface area contributed by atoms with Gasteiger partial charge < -0.3 is 15.4 Å². The molecule has 0 aromatic carbocycles. The van der Waals surface area contributed by atoms with Crippen molar-refractivity contribution >= 4 is 0 Å². The van der Waals surface area contributed by atoms with E-state index in [9.17, 15) is 0 Å². The van der Waals surface area contributed by atoms with E-state index in [1.807, 2.05) is 7.11 Å². The van der Waals surface area contributed by atoms with Gasteiger partial charge in [0.05, 0.1) is 6.10 Å². The lowest BCUT2D eigenvalue weighted by molar-refractivity contribution is 0.0251. The summed E-state index contributed by atoms with van der Waals surface area (Å²) in [6.45, 7) is 4.69. The predicted molar refractivity (Wildman–Crippen MR) is 66.4 cm³/mol. The Balaban J connectivity index is 1.81. The van der Waals surface area contributed by atoms with Crippen molar-refractivity contribution in [1.29, 1.82) is 0 Å². The highest BCUT2D eigenvalue weighted by molar-refractivity contribution is 4.86. The van der Waals surface area contributed by atoms with Crippen LogP contribution in [0.5, 0.6) is 0 Å². The van der Waals surface area contributed by atoms with Crippen LogP contribution < -0.4 is 5.73 Å². The highest BCUT2D eigenvalue weighted by Crippen LogP contribution is 2.27. The number of methoxy groups -OCH3 is 1. The van der Waals surface area contributed by atoms with Crippen molar-refractivity contribution in [3.05, 3.63) is 0 Å². The molecule has 0 radical (unpaired) electrons. The molecule has 3 heteroatoms. The highest BCUT2D eigenvalue weighted by Gasteiger charge is 2.30. The van der Waals surface area contributed by atoms with Crippen LogP contribution in [-0.4, -0.2) is 43.3 Å². The molecule has 2 atom stereocenters. The van der Waals surface area contributed by atoms with Crippen LogP contribution in [0.3, 0.4) is 0 Å². The molecule has 0 amide bonds. The number of nitrogens with two attached hydrogens (primary N) is 1. The molecule has 1 saturated carbocycles. The van der Waals surface area contributed by atoms with Crippen LogP contribution in [0.15, 0.2) is 0 Å². The van der Waals surface area contributed by atoms with E-state index in [1.54, 1.807) is 0 Å². The molecule has 0 bridgehead atoms. The Hall–Kier alpha value is -0.120. The van der Waals surface area contributed by atoms with Gasteiger partial charge in [0.25, 0.3) is 0 Å². The van der Waals surface area contributed by atoms with Gasteiger partial charge in [0.2, 0.25) is 0 Å². The number of nitrogens with zero attached hydrogens (tertiary/aromatic N) is 1. The summed E-state index contributed by atoms with van der Waals surface area (Å²) in [4.78, 5) is 2.67. The summed E-state index contributed by atoms with van der Waals surface area (Å²) in [6.07, 6.45) is 6.77. The number of hydrogen-bond acceptors (Lipinski definition) is 3. The summed E-state index contributed by atoms with van der Waals surface area (Å²) in [5.41, 5.74) is 6.07. The van der Waals surface area contributed by atoms with Gasteiger partial charge in [0.1, 0.15) is 0 Å². The standard InChI is InChI=1S/C13H26N2O/c1-10-9-15(8-7-13(10)14)11-3-5-12(16-2)6-4-11/h10-13H,3-9,14H2,1-2H3. The average molecular weight is 226 g/mol. The van der Waals surface area contributed by atoms with Gasteiger partial charge in [0, 0.05) is 25.7 Å². The molecule has 1 aliphatic heterocycles. The zero-order valence-electron chi connectivity index (χ0n) is 10.7. The van der Waals surface area contributed by atoms with Crippen molar-refractivity contribution in [2.24, 2.45) is 11.7 Å². The third-order valence-corrected chi connectivity index (χ3v) is 4.50. The van der Waals surface area contributed by atoms with Gasteiger partial charge in [-0.3, -0.25) is 0 Å². The van der Waals surface area contributed by atoms with E-state index in [4.69, 9.17) is 10.5 Å². The molecule has 2 aliphatic rings. The van der Waals surface area contributed by atoms with Gasteiger partial charge >= 0.3 is 0 Å². The van der Waals surface area contributed by atoms with Crippen molar-refractivity contribution in [2.45, 2.75) is 57.2 Å². The minimum atomic E-state index is 0.423. The van der Waals surface area contributed by atoms with E-state index in [0.717, 1.165) is 6.04 Å². The average Bonchev–Trinajstić information content (AvgIpc) is 2.33. The Bertz CT molecular complexity index is 214. The maximum atomic E-state index is 6.07. The Morgan fingerprint density at radius 1 is 1.12 bits per heavy atom. The summed E-state index contributed by atoms with van der Waals surface area (Å²) in [5.74, 6) is 0.661. The summed E-state index contributed by atoms with van der Waals surface area (Å²) in [6, 6.07) is 1.22. The van der Waals surface area contributed by atoms with Gasteiger partial charge in [-0.1, -0.05) is 6.92 Å². The molecule has 2 rings (SSSR count). The highest BCUT2D eigenvalue weighted by atomic mass is 16.5. The monoisotopic (exact) mass is 226 g/mol. The smallest absolute Gasteiger partial charge is 0.0572 e. The second kappa shape index (κ2) is 5.48. The van der Waals surface area contributed by atoms with E-state index in [2.05, 4.69) is 11.8 Å². The van der Waals surface area contributed by atoms with Gasteiger partial charge in [-0.05, 0) is 44.6 Å². The molecular weight excluding hydrogens is 200 g/mol. The maximum absolute atomic E-state index is 6.07.